The van der Waals surface area contributed by atoms with Crippen molar-refractivity contribution in [1.82, 2.24) is 14.9 Å². The standard InChI is InChI=1S/C17H15F2N3O4S/c18-13-3-1-12(2-4-13)17-21-16(26-22-17)11-20-27(23,24)10-9-25-15-7-5-14(19)6-8-15/h1-8,20H,9-11H2. The molecular formula is C17H15F2N3O4S. The Hall–Kier alpha value is -2.85. The van der Waals surface area contributed by atoms with Crippen LogP contribution in [0.3, 0.4) is 0 Å². The maximum absolute atomic E-state index is 12.9. The van der Waals surface area contributed by atoms with Crippen molar-refractivity contribution >= 4 is 10.0 Å². The van der Waals surface area contributed by atoms with E-state index in [0.717, 1.165) is 0 Å². The molecule has 0 atom stereocenters. The third-order valence-electron chi connectivity index (χ3n) is 3.45. The number of ether oxygens (including phenoxy) is 1. The first-order valence-corrected chi connectivity index (χ1v) is 9.51. The molecule has 0 spiro atoms. The van der Waals surface area contributed by atoms with Crippen LogP contribution in [-0.4, -0.2) is 30.9 Å². The Bertz CT molecular complexity index is 990. The molecule has 0 radical (unpaired) electrons. The van der Waals surface area contributed by atoms with Gasteiger partial charge in [0.05, 0.1) is 12.3 Å². The fourth-order valence-electron chi connectivity index (χ4n) is 2.09. The quantitative estimate of drug-likeness (QED) is 0.630. The highest BCUT2D eigenvalue weighted by Crippen LogP contribution is 2.16. The Labute approximate surface area is 154 Å². The lowest BCUT2D eigenvalue weighted by atomic mass is 10.2. The molecule has 0 amide bonds. The van der Waals surface area contributed by atoms with Crippen LogP contribution in [0.15, 0.2) is 53.1 Å². The minimum Gasteiger partial charge on any atom is -0.492 e. The van der Waals surface area contributed by atoms with Crippen molar-refractivity contribution in [3.05, 3.63) is 66.1 Å². The second-order valence-electron chi connectivity index (χ2n) is 5.46. The van der Waals surface area contributed by atoms with E-state index in [1.807, 2.05) is 0 Å². The van der Waals surface area contributed by atoms with Crippen LogP contribution in [0, 0.1) is 11.6 Å². The van der Waals surface area contributed by atoms with Crippen molar-refractivity contribution in [3.8, 4) is 17.1 Å². The van der Waals surface area contributed by atoms with E-state index in [1.165, 1.54) is 48.5 Å². The first-order valence-electron chi connectivity index (χ1n) is 7.85. The number of nitrogens with zero attached hydrogens (tertiary/aromatic N) is 2. The molecule has 0 saturated heterocycles. The van der Waals surface area contributed by atoms with Gasteiger partial charge in [0, 0.05) is 5.56 Å². The fourth-order valence-corrected chi connectivity index (χ4v) is 2.88. The summed E-state index contributed by atoms with van der Waals surface area (Å²) in [6, 6.07) is 10.7. The second-order valence-corrected chi connectivity index (χ2v) is 7.39. The summed E-state index contributed by atoms with van der Waals surface area (Å²) in [7, 11) is -3.65. The maximum Gasteiger partial charge on any atom is 0.242 e. The Morgan fingerprint density at radius 3 is 2.30 bits per heavy atom. The number of aromatic nitrogens is 2. The molecule has 0 aliphatic heterocycles. The number of sulfonamides is 1. The van der Waals surface area contributed by atoms with Gasteiger partial charge in [0.1, 0.15) is 24.0 Å². The summed E-state index contributed by atoms with van der Waals surface area (Å²) in [4.78, 5) is 4.06. The molecular weight excluding hydrogens is 380 g/mol. The summed E-state index contributed by atoms with van der Waals surface area (Å²) in [5.74, 6) is -0.438. The van der Waals surface area contributed by atoms with Crippen molar-refractivity contribution in [3.63, 3.8) is 0 Å². The van der Waals surface area contributed by atoms with E-state index in [4.69, 9.17) is 9.26 Å². The van der Waals surface area contributed by atoms with Gasteiger partial charge in [-0.15, -0.1) is 0 Å². The van der Waals surface area contributed by atoms with Crippen molar-refractivity contribution in [1.29, 1.82) is 0 Å². The molecule has 0 aliphatic carbocycles. The number of hydrogen-bond donors (Lipinski definition) is 1. The van der Waals surface area contributed by atoms with Gasteiger partial charge in [-0.1, -0.05) is 5.16 Å². The highest BCUT2D eigenvalue weighted by atomic mass is 32.2. The Balaban J connectivity index is 1.50. The Morgan fingerprint density at radius 1 is 1.00 bits per heavy atom. The predicted molar refractivity (Wildman–Crippen MR) is 92.2 cm³/mol. The maximum atomic E-state index is 12.9. The average molecular weight is 395 g/mol. The smallest absolute Gasteiger partial charge is 0.242 e. The summed E-state index contributed by atoms with van der Waals surface area (Å²) >= 11 is 0. The highest BCUT2D eigenvalue weighted by Gasteiger charge is 2.14. The van der Waals surface area contributed by atoms with Crippen LogP contribution in [0.5, 0.6) is 5.75 Å². The van der Waals surface area contributed by atoms with Gasteiger partial charge in [0.25, 0.3) is 0 Å². The molecule has 142 valence electrons. The molecule has 27 heavy (non-hydrogen) atoms. The van der Waals surface area contributed by atoms with Gasteiger partial charge in [-0.05, 0) is 48.5 Å². The van der Waals surface area contributed by atoms with Gasteiger partial charge >= 0.3 is 0 Å². The fraction of sp³-hybridized carbons (Fsp3) is 0.176. The Kier molecular flexibility index (Phi) is 5.77. The van der Waals surface area contributed by atoms with Crippen LogP contribution >= 0.6 is 0 Å². The first kappa shape index (κ1) is 18.9. The van der Waals surface area contributed by atoms with Crippen molar-refractivity contribution < 1.29 is 26.5 Å². The van der Waals surface area contributed by atoms with Crippen LogP contribution in [0.25, 0.3) is 11.4 Å². The number of hydrogen-bond acceptors (Lipinski definition) is 6. The molecule has 0 bridgehead atoms. The van der Waals surface area contributed by atoms with E-state index in [9.17, 15) is 17.2 Å². The van der Waals surface area contributed by atoms with Crippen LogP contribution in [0.4, 0.5) is 8.78 Å². The normalized spacial score (nSPS) is 11.5. The lowest BCUT2D eigenvalue weighted by molar-refractivity contribution is 0.339. The molecule has 0 saturated carbocycles. The van der Waals surface area contributed by atoms with Gasteiger partial charge < -0.3 is 9.26 Å². The van der Waals surface area contributed by atoms with E-state index in [1.54, 1.807) is 0 Å². The SMILES string of the molecule is O=S(=O)(CCOc1ccc(F)cc1)NCc1nc(-c2ccc(F)cc2)no1. The van der Waals surface area contributed by atoms with Gasteiger partial charge in [0.15, 0.2) is 0 Å². The van der Waals surface area contributed by atoms with Crippen LogP contribution in [-0.2, 0) is 16.6 Å². The van der Waals surface area contributed by atoms with E-state index < -0.39 is 21.7 Å². The van der Waals surface area contributed by atoms with E-state index in [-0.39, 0.29) is 30.6 Å². The third kappa shape index (κ3) is 5.56. The molecule has 0 fully saturated rings. The molecule has 2 aromatic carbocycles. The molecule has 0 aliphatic rings. The molecule has 0 unspecified atom stereocenters. The van der Waals surface area contributed by atoms with Crippen LogP contribution in [0.2, 0.25) is 0 Å². The zero-order chi connectivity index (χ0) is 19.3. The van der Waals surface area contributed by atoms with Crippen LogP contribution in [0.1, 0.15) is 5.89 Å². The average Bonchev–Trinajstić information content (AvgIpc) is 3.11. The monoisotopic (exact) mass is 395 g/mol. The molecule has 7 nitrogen and oxygen atoms in total. The summed E-state index contributed by atoms with van der Waals surface area (Å²) in [6.07, 6.45) is 0. The molecule has 1 aromatic heterocycles. The highest BCUT2D eigenvalue weighted by molar-refractivity contribution is 7.89. The third-order valence-corrected chi connectivity index (χ3v) is 4.74. The molecule has 3 aromatic rings. The van der Waals surface area contributed by atoms with Crippen molar-refractivity contribution in [2.24, 2.45) is 0 Å². The van der Waals surface area contributed by atoms with Gasteiger partial charge in [-0.25, -0.2) is 21.9 Å². The van der Waals surface area contributed by atoms with Crippen molar-refractivity contribution in [2.45, 2.75) is 6.54 Å². The van der Waals surface area contributed by atoms with E-state index in [0.29, 0.717) is 11.3 Å². The molecule has 1 heterocycles. The molecule has 1 N–H and O–H groups in total. The zero-order valence-corrected chi connectivity index (χ0v) is 14.7. The summed E-state index contributed by atoms with van der Waals surface area (Å²) in [5.41, 5.74) is 0.543. The summed E-state index contributed by atoms with van der Waals surface area (Å²) in [5, 5.41) is 3.73. The molecule has 3 rings (SSSR count). The largest absolute Gasteiger partial charge is 0.492 e. The predicted octanol–water partition coefficient (Wildman–Crippen LogP) is 2.51. The lowest BCUT2D eigenvalue weighted by Gasteiger charge is -2.07. The summed E-state index contributed by atoms with van der Waals surface area (Å²) in [6.45, 7) is -0.293. The minimum absolute atomic E-state index is 0.0670. The van der Waals surface area contributed by atoms with Gasteiger partial charge in [-0.3, -0.25) is 0 Å². The lowest BCUT2D eigenvalue weighted by Crippen LogP contribution is -2.28. The second kappa shape index (κ2) is 8.23. The van der Waals surface area contributed by atoms with Gasteiger partial charge in [-0.2, -0.15) is 4.98 Å². The zero-order valence-electron chi connectivity index (χ0n) is 13.9. The topological polar surface area (TPSA) is 94.3 Å². The number of benzene rings is 2. The number of nitrogens with one attached hydrogen (secondary N) is 1. The first-order chi connectivity index (χ1) is 12.9. The summed E-state index contributed by atoms with van der Waals surface area (Å²) < 4.78 is 62.2. The van der Waals surface area contributed by atoms with Crippen molar-refractivity contribution in [2.75, 3.05) is 12.4 Å². The number of rotatable bonds is 8. The van der Waals surface area contributed by atoms with E-state index in [2.05, 4.69) is 14.9 Å². The van der Waals surface area contributed by atoms with Gasteiger partial charge in [0.2, 0.25) is 21.7 Å². The minimum atomic E-state index is -3.65. The number of halogens is 2. The molecule has 10 heteroatoms. The van der Waals surface area contributed by atoms with E-state index >= 15 is 0 Å². The van der Waals surface area contributed by atoms with Crippen LogP contribution < -0.4 is 9.46 Å². The Morgan fingerprint density at radius 2 is 1.63 bits per heavy atom.